The summed E-state index contributed by atoms with van der Waals surface area (Å²) in [7, 11) is -2.77. The van der Waals surface area contributed by atoms with Gasteiger partial charge in [0, 0.05) is 18.7 Å². The lowest BCUT2D eigenvalue weighted by Gasteiger charge is -2.44. The Bertz CT molecular complexity index is 409. The van der Waals surface area contributed by atoms with Crippen molar-refractivity contribution in [3.63, 3.8) is 0 Å². The highest BCUT2D eigenvalue weighted by atomic mass is 32.2. The second-order valence-electron chi connectivity index (χ2n) is 6.55. The van der Waals surface area contributed by atoms with Gasteiger partial charge < -0.3 is 10.1 Å². The predicted molar refractivity (Wildman–Crippen MR) is 75.0 cm³/mol. The minimum absolute atomic E-state index is 0.103. The summed E-state index contributed by atoms with van der Waals surface area (Å²) in [4.78, 5) is 0. The largest absolute Gasteiger partial charge is 0.375 e. The first-order valence-corrected chi connectivity index (χ1v) is 9.50. The van der Waals surface area contributed by atoms with E-state index in [9.17, 15) is 8.42 Å². The maximum absolute atomic E-state index is 11.5. The van der Waals surface area contributed by atoms with Crippen molar-refractivity contribution in [1.29, 1.82) is 0 Å². The van der Waals surface area contributed by atoms with Crippen LogP contribution in [-0.2, 0) is 14.6 Å². The van der Waals surface area contributed by atoms with Gasteiger partial charge in [0.2, 0.25) is 0 Å². The average Bonchev–Trinajstić information content (AvgIpc) is 2.70. The van der Waals surface area contributed by atoms with E-state index in [0.717, 1.165) is 25.9 Å². The summed E-state index contributed by atoms with van der Waals surface area (Å²) in [5, 5.41) is 3.59. The molecule has 3 aliphatic rings. The third-order valence-electron chi connectivity index (χ3n) is 4.96. The fourth-order valence-electron chi connectivity index (χ4n) is 3.97. The van der Waals surface area contributed by atoms with Crippen LogP contribution >= 0.6 is 0 Å². The Kier molecular flexibility index (Phi) is 3.89. The zero-order chi connectivity index (χ0) is 13.3. The van der Waals surface area contributed by atoms with Crippen LogP contribution in [0.3, 0.4) is 0 Å². The molecule has 0 aromatic carbocycles. The van der Waals surface area contributed by atoms with Crippen molar-refractivity contribution in [3.05, 3.63) is 0 Å². The Morgan fingerprint density at radius 3 is 2.53 bits per heavy atom. The first-order valence-electron chi connectivity index (χ1n) is 7.67. The quantitative estimate of drug-likeness (QED) is 0.839. The van der Waals surface area contributed by atoms with Crippen molar-refractivity contribution in [1.82, 2.24) is 5.32 Å². The molecule has 1 N–H and O–H groups in total. The summed E-state index contributed by atoms with van der Waals surface area (Å²) < 4.78 is 29.1. The van der Waals surface area contributed by atoms with E-state index >= 15 is 0 Å². The van der Waals surface area contributed by atoms with E-state index in [0.29, 0.717) is 17.5 Å². The van der Waals surface area contributed by atoms with Gasteiger partial charge >= 0.3 is 0 Å². The first kappa shape index (κ1) is 13.8. The van der Waals surface area contributed by atoms with Gasteiger partial charge in [-0.05, 0) is 32.1 Å². The molecule has 2 unspecified atom stereocenters. The maximum Gasteiger partial charge on any atom is 0.151 e. The van der Waals surface area contributed by atoms with Gasteiger partial charge in [-0.1, -0.05) is 19.3 Å². The molecule has 2 saturated heterocycles. The molecule has 2 aliphatic heterocycles. The van der Waals surface area contributed by atoms with Gasteiger partial charge in [-0.2, -0.15) is 0 Å². The number of ether oxygens (including phenoxy) is 1. The minimum Gasteiger partial charge on any atom is -0.375 e. The van der Waals surface area contributed by atoms with Gasteiger partial charge in [-0.25, -0.2) is 8.42 Å². The van der Waals surface area contributed by atoms with Crippen LogP contribution in [0.2, 0.25) is 0 Å². The van der Waals surface area contributed by atoms with E-state index < -0.39 is 9.84 Å². The molecule has 2 atom stereocenters. The number of nitrogens with one attached hydrogen (secondary N) is 1. The van der Waals surface area contributed by atoms with Crippen molar-refractivity contribution in [2.24, 2.45) is 0 Å². The van der Waals surface area contributed by atoms with Gasteiger partial charge in [0.1, 0.15) is 0 Å². The zero-order valence-corrected chi connectivity index (χ0v) is 12.4. The molecule has 0 aromatic rings. The second kappa shape index (κ2) is 5.34. The van der Waals surface area contributed by atoms with Gasteiger partial charge in [-0.3, -0.25) is 0 Å². The van der Waals surface area contributed by atoms with Gasteiger partial charge in [0.05, 0.1) is 17.1 Å². The molecular weight excluding hydrogens is 262 g/mol. The average molecular weight is 287 g/mol. The minimum atomic E-state index is -2.77. The van der Waals surface area contributed by atoms with E-state index in [1.165, 1.54) is 32.1 Å². The lowest BCUT2D eigenvalue weighted by Crippen LogP contribution is -2.50. The maximum atomic E-state index is 11.5. The molecule has 3 rings (SSSR count). The molecule has 1 aliphatic carbocycles. The summed E-state index contributed by atoms with van der Waals surface area (Å²) in [6.45, 7) is 0.830. The molecule has 0 aromatic heterocycles. The molecule has 0 radical (unpaired) electrons. The second-order valence-corrected chi connectivity index (χ2v) is 8.78. The Hall–Kier alpha value is -0.130. The van der Waals surface area contributed by atoms with Crippen LogP contribution in [0, 0.1) is 0 Å². The van der Waals surface area contributed by atoms with Gasteiger partial charge in [-0.15, -0.1) is 0 Å². The summed E-state index contributed by atoms with van der Waals surface area (Å²) >= 11 is 0. The molecule has 1 saturated carbocycles. The van der Waals surface area contributed by atoms with Crippen molar-refractivity contribution in [2.45, 2.75) is 69.1 Å². The lowest BCUT2D eigenvalue weighted by molar-refractivity contribution is -0.109. The fraction of sp³-hybridized carbons (Fsp3) is 1.00. The standard InChI is InChI=1S/C14H25NO3S/c16-19(17)9-5-13(11-19)15-12-4-8-18-14(10-12)6-2-1-3-7-14/h12-13,15H,1-11H2. The number of sulfone groups is 1. The molecular formula is C14H25NO3S. The Morgan fingerprint density at radius 1 is 1.05 bits per heavy atom. The first-order chi connectivity index (χ1) is 9.07. The monoisotopic (exact) mass is 287 g/mol. The molecule has 110 valence electrons. The topological polar surface area (TPSA) is 55.4 Å². The number of hydrogen-bond donors (Lipinski definition) is 1. The molecule has 4 nitrogen and oxygen atoms in total. The van der Waals surface area contributed by atoms with Crippen molar-refractivity contribution < 1.29 is 13.2 Å². The van der Waals surface area contributed by atoms with Crippen molar-refractivity contribution in [2.75, 3.05) is 18.1 Å². The summed E-state index contributed by atoms with van der Waals surface area (Å²) in [5.41, 5.74) is 0.103. The van der Waals surface area contributed by atoms with Gasteiger partial charge in [0.15, 0.2) is 9.84 Å². The molecule has 3 fully saturated rings. The SMILES string of the molecule is O=S1(=O)CCC(NC2CCOC3(CCCCC3)C2)C1. The van der Waals surface area contributed by atoms with Crippen LogP contribution in [-0.4, -0.2) is 44.2 Å². The third kappa shape index (κ3) is 3.31. The molecule has 0 bridgehead atoms. The van der Waals surface area contributed by atoms with Crippen molar-refractivity contribution in [3.8, 4) is 0 Å². The van der Waals surface area contributed by atoms with E-state index in [4.69, 9.17) is 4.74 Å². The highest BCUT2D eigenvalue weighted by Crippen LogP contribution is 2.38. The number of hydrogen-bond acceptors (Lipinski definition) is 4. The Morgan fingerprint density at radius 2 is 1.84 bits per heavy atom. The predicted octanol–water partition coefficient (Wildman–Crippen LogP) is 1.64. The molecule has 1 spiro atoms. The zero-order valence-electron chi connectivity index (χ0n) is 11.6. The lowest BCUT2D eigenvalue weighted by atomic mass is 9.78. The van der Waals surface area contributed by atoms with Gasteiger partial charge in [0.25, 0.3) is 0 Å². The molecule has 2 heterocycles. The van der Waals surface area contributed by atoms with Crippen LogP contribution in [0.1, 0.15) is 51.4 Å². The summed E-state index contributed by atoms with van der Waals surface area (Å²) in [6.07, 6.45) is 9.16. The number of rotatable bonds is 2. The van der Waals surface area contributed by atoms with E-state index in [1.54, 1.807) is 0 Å². The smallest absolute Gasteiger partial charge is 0.151 e. The van der Waals surface area contributed by atoms with Crippen LogP contribution in [0.5, 0.6) is 0 Å². The molecule has 5 heteroatoms. The third-order valence-corrected chi connectivity index (χ3v) is 6.73. The molecule has 0 amide bonds. The van der Waals surface area contributed by atoms with E-state index in [1.807, 2.05) is 0 Å². The highest BCUT2D eigenvalue weighted by Gasteiger charge is 2.39. The van der Waals surface area contributed by atoms with E-state index in [-0.39, 0.29) is 11.6 Å². The fourth-order valence-corrected chi connectivity index (χ4v) is 5.66. The van der Waals surface area contributed by atoms with Crippen LogP contribution in [0.25, 0.3) is 0 Å². The Balaban J connectivity index is 1.57. The van der Waals surface area contributed by atoms with Crippen LogP contribution in [0.4, 0.5) is 0 Å². The summed E-state index contributed by atoms with van der Waals surface area (Å²) in [5.74, 6) is 0.691. The van der Waals surface area contributed by atoms with Crippen molar-refractivity contribution >= 4 is 9.84 Å². The van der Waals surface area contributed by atoms with E-state index in [2.05, 4.69) is 5.32 Å². The Labute approximate surface area is 116 Å². The summed E-state index contributed by atoms with van der Waals surface area (Å²) in [6, 6.07) is 0.624. The van der Waals surface area contributed by atoms with Crippen LogP contribution < -0.4 is 5.32 Å². The normalized spacial score (nSPS) is 37.5. The highest BCUT2D eigenvalue weighted by molar-refractivity contribution is 7.91. The molecule has 19 heavy (non-hydrogen) atoms. The van der Waals surface area contributed by atoms with Crippen LogP contribution in [0.15, 0.2) is 0 Å².